The van der Waals surface area contributed by atoms with Crippen molar-refractivity contribution in [2.75, 3.05) is 0 Å². The third-order valence-electron chi connectivity index (χ3n) is 2.94. The Labute approximate surface area is 93.1 Å². The summed E-state index contributed by atoms with van der Waals surface area (Å²) in [6, 6.07) is 6.91. The first-order valence-electron chi connectivity index (χ1n) is 5.15. The molecule has 0 aliphatic rings. The van der Waals surface area contributed by atoms with Gasteiger partial charge in [-0.15, -0.1) is 0 Å². The van der Waals surface area contributed by atoms with Crippen molar-refractivity contribution in [2.24, 2.45) is 5.73 Å². The van der Waals surface area contributed by atoms with E-state index in [2.05, 4.69) is 4.98 Å². The molecule has 0 aliphatic heterocycles. The molecule has 4 heteroatoms. The van der Waals surface area contributed by atoms with Gasteiger partial charge in [0.2, 0.25) is 0 Å². The number of aromatic nitrogens is 1. The molecule has 4 nitrogen and oxygen atoms in total. The first-order valence-corrected chi connectivity index (χ1v) is 5.15. The number of para-hydroxylation sites is 1. The molecule has 2 rings (SSSR count). The normalized spacial score (nSPS) is 14.9. The summed E-state index contributed by atoms with van der Waals surface area (Å²) in [5.74, 6) is -1.19. The van der Waals surface area contributed by atoms with Crippen molar-refractivity contribution in [3.63, 3.8) is 0 Å². The Hall–Kier alpha value is -1.81. The number of nitrogens with two attached hydrogens (primary N) is 1. The first-order chi connectivity index (χ1) is 7.61. The van der Waals surface area contributed by atoms with Crippen LogP contribution in [0, 0.1) is 0 Å². The van der Waals surface area contributed by atoms with Crippen LogP contribution in [0.15, 0.2) is 30.5 Å². The SMILES string of the molecule is C[C@H](c1c[nH]c2ccccc12)[C@@H](N)C(=O)O. The monoisotopic (exact) mass is 218 g/mol. The summed E-state index contributed by atoms with van der Waals surface area (Å²) in [4.78, 5) is 14.0. The van der Waals surface area contributed by atoms with E-state index in [1.807, 2.05) is 37.4 Å². The fourth-order valence-corrected chi connectivity index (χ4v) is 1.88. The number of hydrogen-bond acceptors (Lipinski definition) is 2. The highest BCUT2D eigenvalue weighted by Gasteiger charge is 2.23. The van der Waals surface area contributed by atoms with Gasteiger partial charge in [-0.05, 0) is 11.6 Å². The zero-order valence-corrected chi connectivity index (χ0v) is 8.97. The Balaban J connectivity index is 2.44. The van der Waals surface area contributed by atoms with Gasteiger partial charge >= 0.3 is 5.97 Å². The second-order valence-electron chi connectivity index (χ2n) is 3.94. The van der Waals surface area contributed by atoms with Crippen molar-refractivity contribution in [1.82, 2.24) is 4.98 Å². The number of benzene rings is 1. The highest BCUT2D eigenvalue weighted by molar-refractivity contribution is 5.85. The predicted molar refractivity (Wildman–Crippen MR) is 62.3 cm³/mol. The Bertz CT molecular complexity index is 518. The van der Waals surface area contributed by atoms with Gasteiger partial charge in [0.1, 0.15) is 6.04 Å². The molecule has 1 heterocycles. The first kappa shape index (κ1) is 10.7. The topological polar surface area (TPSA) is 79.1 Å². The van der Waals surface area contributed by atoms with Crippen molar-refractivity contribution >= 4 is 16.9 Å². The molecular weight excluding hydrogens is 204 g/mol. The summed E-state index contributed by atoms with van der Waals surface area (Å²) in [6.45, 7) is 1.83. The van der Waals surface area contributed by atoms with Crippen molar-refractivity contribution in [3.05, 3.63) is 36.0 Å². The van der Waals surface area contributed by atoms with E-state index in [-0.39, 0.29) is 5.92 Å². The maximum atomic E-state index is 10.8. The zero-order chi connectivity index (χ0) is 11.7. The fraction of sp³-hybridized carbons (Fsp3) is 0.250. The van der Waals surface area contributed by atoms with Gasteiger partial charge in [0, 0.05) is 23.0 Å². The van der Waals surface area contributed by atoms with Gasteiger partial charge in [0.25, 0.3) is 0 Å². The van der Waals surface area contributed by atoms with E-state index in [9.17, 15) is 4.79 Å². The number of rotatable bonds is 3. The third kappa shape index (κ3) is 1.67. The van der Waals surface area contributed by atoms with E-state index in [0.717, 1.165) is 16.5 Å². The molecule has 1 aromatic carbocycles. The van der Waals surface area contributed by atoms with Crippen molar-refractivity contribution in [3.8, 4) is 0 Å². The average molecular weight is 218 g/mol. The van der Waals surface area contributed by atoms with Crippen LogP contribution in [0.25, 0.3) is 10.9 Å². The number of H-pyrrole nitrogens is 1. The molecule has 0 unspecified atom stereocenters. The molecular formula is C12H14N2O2. The Morgan fingerprint density at radius 3 is 2.81 bits per heavy atom. The molecule has 0 aliphatic carbocycles. The number of hydrogen-bond donors (Lipinski definition) is 3. The number of carboxylic acid groups (broad SMARTS) is 1. The van der Waals surface area contributed by atoms with Crippen molar-refractivity contribution < 1.29 is 9.90 Å². The van der Waals surface area contributed by atoms with Gasteiger partial charge in [-0.25, -0.2) is 0 Å². The van der Waals surface area contributed by atoms with Gasteiger partial charge in [0.05, 0.1) is 0 Å². The molecule has 84 valence electrons. The lowest BCUT2D eigenvalue weighted by atomic mass is 9.93. The van der Waals surface area contributed by atoms with Crippen LogP contribution >= 0.6 is 0 Å². The highest BCUT2D eigenvalue weighted by Crippen LogP contribution is 2.26. The van der Waals surface area contributed by atoms with Crippen LogP contribution in [0.2, 0.25) is 0 Å². The standard InChI is InChI=1S/C12H14N2O2/c1-7(11(13)12(15)16)9-6-14-10-5-3-2-4-8(9)10/h2-7,11,14H,13H2,1H3,(H,15,16)/t7-,11-/m1/s1. The minimum atomic E-state index is -0.974. The van der Waals surface area contributed by atoms with Crippen LogP contribution < -0.4 is 5.73 Å². The predicted octanol–water partition coefficient (Wildman–Crippen LogP) is 1.68. The highest BCUT2D eigenvalue weighted by atomic mass is 16.4. The Morgan fingerprint density at radius 1 is 1.44 bits per heavy atom. The number of nitrogens with one attached hydrogen (secondary N) is 1. The van der Waals surface area contributed by atoms with Crippen LogP contribution in [0.3, 0.4) is 0 Å². The van der Waals surface area contributed by atoms with Crippen LogP contribution in [0.5, 0.6) is 0 Å². The van der Waals surface area contributed by atoms with E-state index in [0.29, 0.717) is 0 Å². The van der Waals surface area contributed by atoms with E-state index in [1.165, 1.54) is 0 Å². The molecule has 4 N–H and O–H groups in total. The lowest BCUT2D eigenvalue weighted by Gasteiger charge is -2.15. The molecule has 0 saturated carbocycles. The van der Waals surface area contributed by atoms with Crippen molar-refractivity contribution in [1.29, 1.82) is 0 Å². The third-order valence-corrected chi connectivity index (χ3v) is 2.94. The van der Waals surface area contributed by atoms with Gasteiger partial charge < -0.3 is 15.8 Å². The number of carboxylic acids is 1. The largest absolute Gasteiger partial charge is 0.480 e. The van der Waals surface area contributed by atoms with Crippen LogP contribution in [0.1, 0.15) is 18.4 Å². The number of aromatic amines is 1. The molecule has 0 radical (unpaired) electrons. The van der Waals surface area contributed by atoms with Gasteiger partial charge in [-0.2, -0.15) is 0 Å². The molecule has 2 atom stereocenters. The summed E-state index contributed by atoms with van der Waals surface area (Å²) in [5.41, 5.74) is 7.58. The summed E-state index contributed by atoms with van der Waals surface area (Å²) < 4.78 is 0. The fourth-order valence-electron chi connectivity index (χ4n) is 1.88. The molecule has 0 spiro atoms. The van der Waals surface area contributed by atoms with Crippen LogP contribution in [-0.4, -0.2) is 22.1 Å². The molecule has 2 aromatic rings. The Morgan fingerprint density at radius 2 is 2.12 bits per heavy atom. The molecule has 1 aromatic heterocycles. The number of carbonyl (C=O) groups is 1. The maximum absolute atomic E-state index is 10.8. The van der Waals surface area contributed by atoms with Gasteiger partial charge in [0.15, 0.2) is 0 Å². The minimum absolute atomic E-state index is 0.214. The van der Waals surface area contributed by atoms with E-state index in [4.69, 9.17) is 10.8 Å². The quantitative estimate of drug-likeness (QED) is 0.733. The summed E-state index contributed by atoms with van der Waals surface area (Å²) in [7, 11) is 0. The molecule has 0 amide bonds. The van der Waals surface area contributed by atoms with Gasteiger partial charge in [-0.3, -0.25) is 4.79 Å². The van der Waals surface area contributed by atoms with Crippen LogP contribution in [-0.2, 0) is 4.79 Å². The summed E-state index contributed by atoms with van der Waals surface area (Å²) in [5, 5.41) is 9.92. The minimum Gasteiger partial charge on any atom is -0.480 e. The van der Waals surface area contributed by atoms with Crippen molar-refractivity contribution in [2.45, 2.75) is 18.9 Å². The number of aliphatic carboxylic acids is 1. The molecule has 0 saturated heterocycles. The second kappa shape index (κ2) is 3.98. The van der Waals surface area contributed by atoms with E-state index >= 15 is 0 Å². The van der Waals surface area contributed by atoms with E-state index in [1.54, 1.807) is 0 Å². The van der Waals surface area contributed by atoms with E-state index < -0.39 is 12.0 Å². The molecule has 0 fully saturated rings. The lowest BCUT2D eigenvalue weighted by Crippen LogP contribution is -2.35. The summed E-state index contributed by atoms with van der Waals surface area (Å²) >= 11 is 0. The average Bonchev–Trinajstić information content (AvgIpc) is 2.70. The van der Waals surface area contributed by atoms with Crippen LogP contribution in [0.4, 0.5) is 0 Å². The Kier molecular flexibility index (Phi) is 2.66. The lowest BCUT2D eigenvalue weighted by molar-refractivity contribution is -0.138. The van der Waals surface area contributed by atoms with Gasteiger partial charge in [-0.1, -0.05) is 25.1 Å². The smallest absolute Gasteiger partial charge is 0.321 e. The number of fused-ring (bicyclic) bond motifs is 1. The second-order valence-corrected chi connectivity index (χ2v) is 3.94. The molecule has 16 heavy (non-hydrogen) atoms. The molecule has 0 bridgehead atoms. The maximum Gasteiger partial charge on any atom is 0.321 e. The summed E-state index contributed by atoms with van der Waals surface area (Å²) in [6.07, 6.45) is 1.83. The zero-order valence-electron chi connectivity index (χ0n) is 8.97.